The van der Waals surface area contributed by atoms with Crippen molar-refractivity contribution >= 4 is 17.5 Å². The molecule has 0 unspecified atom stereocenters. The lowest BCUT2D eigenvalue weighted by Crippen LogP contribution is -2.47. The van der Waals surface area contributed by atoms with Crippen molar-refractivity contribution in [2.45, 2.75) is 19.4 Å². The molecule has 1 rings (SSSR count). The molecule has 0 bridgehead atoms. The highest BCUT2D eigenvalue weighted by atomic mass is 16.6. The fourth-order valence-electron chi connectivity index (χ4n) is 1.64. The Morgan fingerprint density at radius 2 is 2.00 bits per heavy atom. The average Bonchev–Trinajstić information content (AvgIpc) is 2.44. The molecule has 1 atom stereocenters. The van der Waals surface area contributed by atoms with E-state index >= 15 is 0 Å². The van der Waals surface area contributed by atoms with E-state index in [0.29, 0.717) is 12.2 Å². The Kier molecular flexibility index (Phi) is 6.28. The topological polar surface area (TPSA) is 125 Å². The van der Waals surface area contributed by atoms with Gasteiger partial charge in [-0.25, -0.2) is 0 Å². The smallest absolute Gasteiger partial charge is 0.269 e. The normalized spacial score (nSPS) is 11.7. The molecule has 2 amide bonds. The number of nitrogens with zero attached hydrogens (tertiary/aromatic N) is 1. The highest BCUT2D eigenvalue weighted by Gasteiger charge is 2.19. The fourth-order valence-corrected chi connectivity index (χ4v) is 1.64. The van der Waals surface area contributed by atoms with E-state index < -0.39 is 22.8 Å². The van der Waals surface area contributed by atoms with Crippen LogP contribution >= 0.6 is 0 Å². The number of amides is 2. The standard InChI is InChI=1S/C13H17N3O5/c1-2-21-8-12(17)15-11(13(14)18)7-9-3-5-10(6-4-9)16(19)20/h3-6,11H,2,7-8H2,1H3,(H2,14,18)(H,15,17)/t11-/m1/s1. The van der Waals surface area contributed by atoms with Gasteiger partial charge in [-0.2, -0.15) is 0 Å². The number of hydrogen-bond acceptors (Lipinski definition) is 5. The van der Waals surface area contributed by atoms with Gasteiger partial charge < -0.3 is 15.8 Å². The largest absolute Gasteiger partial charge is 0.372 e. The van der Waals surface area contributed by atoms with E-state index in [1.165, 1.54) is 24.3 Å². The molecule has 0 spiro atoms. The quantitative estimate of drug-likeness (QED) is 0.521. The Hall–Kier alpha value is -2.48. The number of non-ortho nitro benzene ring substituents is 1. The Morgan fingerprint density at radius 3 is 2.48 bits per heavy atom. The molecule has 1 aromatic carbocycles. The summed E-state index contributed by atoms with van der Waals surface area (Å²) in [5.74, 6) is -1.12. The summed E-state index contributed by atoms with van der Waals surface area (Å²) in [5, 5.41) is 13.0. The van der Waals surface area contributed by atoms with Gasteiger partial charge in [0.25, 0.3) is 5.69 Å². The van der Waals surface area contributed by atoms with Crippen molar-refractivity contribution in [1.82, 2.24) is 5.32 Å². The lowest BCUT2D eigenvalue weighted by Gasteiger charge is -2.15. The SMILES string of the molecule is CCOCC(=O)N[C@H](Cc1ccc([N+](=O)[O-])cc1)C(N)=O. The zero-order chi connectivity index (χ0) is 15.8. The molecule has 0 saturated carbocycles. The summed E-state index contributed by atoms with van der Waals surface area (Å²) in [6.07, 6.45) is 0.158. The second kappa shape index (κ2) is 7.95. The van der Waals surface area contributed by atoms with E-state index in [9.17, 15) is 19.7 Å². The Morgan fingerprint density at radius 1 is 1.38 bits per heavy atom. The first-order chi connectivity index (χ1) is 9.93. The number of rotatable bonds is 8. The molecule has 114 valence electrons. The van der Waals surface area contributed by atoms with Crippen LogP contribution in [0.5, 0.6) is 0 Å². The average molecular weight is 295 g/mol. The predicted octanol–water partition coefficient (Wildman–Crippen LogP) is 0.144. The van der Waals surface area contributed by atoms with Gasteiger partial charge in [-0.15, -0.1) is 0 Å². The number of hydrogen-bond donors (Lipinski definition) is 2. The monoisotopic (exact) mass is 295 g/mol. The lowest BCUT2D eigenvalue weighted by molar-refractivity contribution is -0.384. The third kappa shape index (κ3) is 5.57. The molecule has 3 N–H and O–H groups in total. The Balaban J connectivity index is 2.67. The maximum Gasteiger partial charge on any atom is 0.269 e. The highest BCUT2D eigenvalue weighted by molar-refractivity contribution is 5.87. The van der Waals surface area contributed by atoms with E-state index in [4.69, 9.17) is 10.5 Å². The maximum absolute atomic E-state index is 11.5. The van der Waals surface area contributed by atoms with Crippen LogP contribution in [0.3, 0.4) is 0 Å². The van der Waals surface area contributed by atoms with Crippen molar-refractivity contribution in [3.05, 3.63) is 39.9 Å². The number of ether oxygens (including phenoxy) is 1. The molecule has 0 saturated heterocycles. The number of nitro groups is 1. The molecule has 0 radical (unpaired) electrons. The van der Waals surface area contributed by atoms with Gasteiger partial charge in [0.1, 0.15) is 12.6 Å². The second-order valence-electron chi connectivity index (χ2n) is 4.29. The number of carbonyl (C=O) groups is 2. The Bertz CT molecular complexity index is 515. The molecule has 0 aliphatic rings. The summed E-state index contributed by atoms with van der Waals surface area (Å²) in [6.45, 7) is 1.98. The highest BCUT2D eigenvalue weighted by Crippen LogP contribution is 2.13. The van der Waals surface area contributed by atoms with Crippen molar-refractivity contribution in [3.63, 3.8) is 0 Å². The third-order valence-corrected chi connectivity index (χ3v) is 2.70. The minimum atomic E-state index is -0.889. The van der Waals surface area contributed by atoms with Gasteiger partial charge in [-0.05, 0) is 12.5 Å². The summed E-state index contributed by atoms with van der Waals surface area (Å²) >= 11 is 0. The zero-order valence-corrected chi connectivity index (χ0v) is 11.6. The number of carbonyl (C=O) groups excluding carboxylic acids is 2. The molecule has 0 aromatic heterocycles. The predicted molar refractivity (Wildman–Crippen MR) is 74.4 cm³/mol. The van der Waals surface area contributed by atoms with Crippen LogP contribution in [0.4, 0.5) is 5.69 Å². The zero-order valence-electron chi connectivity index (χ0n) is 11.6. The number of primary amides is 1. The van der Waals surface area contributed by atoms with Crippen molar-refractivity contribution in [3.8, 4) is 0 Å². The molecule has 21 heavy (non-hydrogen) atoms. The van der Waals surface area contributed by atoms with Crippen molar-refractivity contribution in [1.29, 1.82) is 0 Å². The van der Waals surface area contributed by atoms with Gasteiger partial charge in [-0.1, -0.05) is 12.1 Å². The van der Waals surface area contributed by atoms with Gasteiger partial charge in [0, 0.05) is 25.2 Å². The molecule has 0 fully saturated rings. The number of nitro benzene ring substituents is 1. The molecule has 0 aliphatic heterocycles. The summed E-state index contributed by atoms with van der Waals surface area (Å²) in [6, 6.07) is 4.80. The van der Waals surface area contributed by atoms with Crippen molar-refractivity contribution in [2.75, 3.05) is 13.2 Å². The van der Waals surface area contributed by atoms with Crippen LogP contribution < -0.4 is 11.1 Å². The van der Waals surface area contributed by atoms with Crippen LogP contribution in [-0.4, -0.2) is 36.0 Å². The van der Waals surface area contributed by atoms with E-state index in [1.54, 1.807) is 6.92 Å². The van der Waals surface area contributed by atoms with E-state index in [-0.39, 0.29) is 18.7 Å². The Labute approximate surface area is 121 Å². The van der Waals surface area contributed by atoms with Crippen LogP contribution in [0.1, 0.15) is 12.5 Å². The summed E-state index contributed by atoms with van der Waals surface area (Å²) in [4.78, 5) is 32.9. The molecule has 1 aromatic rings. The minimum Gasteiger partial charge on any atom is -0.372 e. The van der Waals surface area contributed by atoms with Gasteiger partial charge in [-0.3, -0.25) is 19.7 Å². The second-order valence-corrected chi connectivity index (χ2v) is 4.29. The molecular formula is C13H17N3O5. The third-order valence-electron chi connectivity index (χ3n) is 2.70. The number of nitrogens with one attached hydrogen (secondary N) is 1. The van der Waals surface area contributed by atoms with Gasteiger partial charge in [0.2, 0.25) is 11.8 Å². The molecule has 0 heterocycles. The van der Waals surface area contributed by atoms with Crippen LogP contribution in [-0.2, 0) is 20.7 Å². The fraction of sp³-hybridized carbons (Fsp3) is 0.385. The van der Waals surface area contributed by atoms with Crippen LogP contribution in [0.2, 0.25) is 0 Å². The van der Waals surface area contributed by atoms with Crippen LogP contribution in [0.25, 0.3) is 0 Å². The minimum absolute atomic E-state index is 0.0465. The van der Waals surface area contributed by atoms with E-state index in [0.717, 1.165) is 0 Å². The van der Waals surface area contributed by atoms with E-state index in [1.807, 2.05) is 0 Å². The summed E-state index contributed by atoms with van der Waals surface area (Å²) in [5.41, 5.74) is 5.84. The number of benzene rings is 1. The lowest BCUT2D eigenvalue weighted by atomic mass is 10.1. The first-order valence-corrected chi connectivity index (χ1v) is 6.33. The van der Waals surface area contributed by atoms with Crippen LogP contribution in [0.15, 0.2) is 24.3 Å². The van der Waals surface area contributed by atoms with Crippen LogP contribution in [0, 0.1) is 10.1 Å². The first-order valence-electron chi connectivity index (χ1n) is 6.33. The van der Waals surface area contributed by atoms with E-state index in [2.05, 4.69) is 5.32 Å². The van der Waals surface area contributed by atoms with Crippen molar-refractivity contribution < 1.29 is 19.2 Å². The van der Waals surface area contributed by atoms with Gasteiger partial charge >= 0.3 is 0 Å². The van der Waals surface area contributed by atoms with Gasteiger partial charge in [0.05, 0.1) is 4.92 Å². The first kappa shape index (κ1) is 16.6. The maximum atomic E-state index is 11.5. The van der Waals surface area contributed by atoms with Gasteiger partial charge in [0.15, 0.2) is 0 Å². The van der Waals surface area contributed by atoms with Crippen molar-refractivity contribution in [2.24, 2.45) is 5.73 Å². The summed E-state index contributed by atoms with van der Waals surface area (Å²) in [7, 11) is 0. The molecule has 8 nitrogen and oxygen atoms in total. The number of nitrogens with two attached hydrogens (primary N) is 1. The summed E-state index contributed by atoms with van der Waals surface area (Å²) < 4.78 is 4.93. The molecule has 8 heteroatoms. The molecular weight excluding hydrogens is 278 g/mol. The molecule has 0 aliphatic carbocycles.